The van der Waals surface area contributed by atoms with Gasteiger partial charge in [0, 0.05) is 13.1 Å². The van der Waals surface area contributed by atoms with E-state index in [4.69, 9.17) is 0 Å². The molecule has 2 aliphatic rings. The topological polar surface area (TPSA) is 3.24 Å². The Bertz CT molecular complexity index is 165. The Hall–Kier alpha value is -0.250. The first-order valence-corrected chi connectivity index (χ1v) is 3.75. The molecule has 0 amide bonds. The van der Waals surface area contributed by atoms with E-state index in [-0.39, 0.29) is 11.8 Å². The molecule has 0 N–H and O–H groups in total. The highest BCUT2D eigenvalue weighted by Crippen LogP contribution is 2.58. The molecule has 0 aromatic carbocycles. The molecule has 1 aliphatic heterocycles. The molecular weight excluding hydrogens is 155 g/mol. The number of alkyl halides is 3. The van der Waals surface area contributed by atoms with E-state index in [2.05, 4.69) is 0 Å². The molecule has 3 atom stereocenters. The first-order valence-electron chi connectivity index (χ1n) is 3.75. The molecule has 11 heavy (non-hydrogen) atoms. The Morgan fingerprint density at radius 1 is 1.18 bits per heavy atom. The van der Waals surface area contributed by atoms with Crippen LogP contribution in [0.4, 0.5) is 13.2 Å². The van der Waals surface area contributed by atoms with Crippen LogP contribution in [-0.4, -0.2) is 31.2 Å². The number of halogens is 3. The second-order valence-corrected chi connectivity index (χ2v) is 3.62. The predicted octanol–water partition coefficient (Wildman–Crippen LogP) is 1.36. The first kappa shape index (κ1) is 7.40. The molecule has 1 saturated heterocycles. The largest absolute Gasteiger partial charge is 0.392 e. The van der Waals surface area contributed by atoms with Gasteiger partial charge in [-0.05, 0) is 18.9 Å². The fourth-order valence-corrected chi connectivity index (χ4v) is 2.22. The molecule has 1 heterocycles. The van der Waals surface area contributed by atoms with Gasteiger partial charge < -0.3 is 4.90 Å². The van der Waals surface area contributed by atoms with Crippen LogP contribution in [0, 0.1) is 17.8 Å². The molecule has 0 spiro atoms. The van der Waals surface area contributed by atoms with E-state index >= 15 is 0 Å². The van der Waals surface area contributed by atoms with Crippen molar-refractivity contribution in [2.75, 3.05) is 20.1 Å². The van der Waals surface area contributed by atoms with Crippen molar-refractivity contribution in [3.8, 4) is 0 Å². The molecule has 4 heteroatoms. The van der Waals surface area contributed by atoms with Crippen LogP contribution in [-0.2, 0) is 0 Å². The molecule has 0 radical (unpaired) electrons. The fraction of sp³-hybridized carbons (Fsp3) is 1.00. The lowest BCUT2D eigenvalue weighted by molar-refractivity contribution is -0.156. The summed E-state index contributed by atoms with van der Waals surface area (Å²) in [7, 11) is 1.87. The van der Waals surface area contributed by atoms with Gasteiger partial charge in [-0.2, -0.15) is 13.2 Å². The number of likely N-dealkylation sites (tertiary alicyclic amines) is 1. The number of hydrogen-bond donors (Lipinski definition) is 0. The van der Waals surface area contributed by atoms with Crippen LogP contribution >= 0.6 is 0 Å². The van der Waals surface area contributed by atoms with E-state index in [0.29, 0.717) is 13.1 Å². The van der Waals surface area contributed by atoms with E-state index in [0.717, 1.165) is 0 Å². The van der Waals surface area contributed by atoms with E-state index in [9.17, 15) is 13.2 Å². The Balaban J connectivity index is 1.98. The number of piperidine rings is 1. The molecule has 1 saturated carbocycles. The molecular formula is C7H10F3N. The third kappa shape index (κ3) is 1.04. The maximum absolute atomic E-state index is 12.1. The first-order chi connectivity index (χ1) is 5.00. The van der Waals surface area contributed by atoms with E-state index in [1.807, 2.05) is 11.9 Å². The number of rotatable bonds is 0. The van der Waals surface area contributed by atoms with Gasteiger partial charge in [0.1, 0.15) is 0 Å². The summed E-state index contributed by atoms with van der Waals surface area (Å²) in [5.74, 6) is -1.14. The van der Waals surface area contributed by atoms with Crippen molar-refractivity contribution in [3.63, 3.8) is 0 Å². The van der Waals surface area contributed by atoms with Crippen LogP contribution in [0.2, 0.25) is 0 Å². The summed E-state index contributed by atoms with van der Waals surface area (Å²) in [6.45, 7) is 1.27. The van der Waals surface area contributed by atoms with Gasteiger partial charge in [0.25, 0.3) is 0 Å². The quantitative estimate of drug-likeness (QED) is 0.523. The summed E-state index contributed by atoms with van der Waals surface area (Å²) < 4.78 is 36.2. The van der Waals surface area contributed by atoms with Crippen molar-refractivity contribution in [1.29, 1.82) is 0 Å². The SMILES string of the molecule is CN1C[C@@H]2C(C(F)(F)F)[C@@H]2C1. The lowest BCUT2D eigenvalue weighted by atomic mass is 10.2. The molecule has 2 rings (SSSR count). The minimum Gasteiger partial charge on any atom is -0.306 e. The molecule has 0 aromatic rings. The van der Waals surface area contributed by atoms with Crippen molar-refractivity contribution >= 4 is 0 Å². The van der Waals surface area contributed by atoms with Gasteiger partial charge in [-0.1, -0.05) is 0 Å². The van der Waals surface area contributed by atoms with Gasteiger partial charge in [-0.3, -0.25) is 0 Å². The Morgan fingerprint density at radius 3 is 2.00 bits per heavy atom. The summed E-state index contributed by atoms with van der Waals surface area (Å²) >= 11 is 0. The van der Waals surface area contributed by atoms with Crippen molar-refractivity contribution < 1.29 is 13.2 Å². The average Bonchev–Trinajstić information content (AvgIpc) is 2.31. The van der Waals surface area contributed by atoms with Crippen molar-refractivity contribution in [1.82, 2.24) is 4.90 Å². The fourth-order valence-electron chi connectivity index (χ4n) is 2.22. The minimum atomic E-state index is -3.93. The highest BCUT2D eigenvalue weighted by Gasteiger charge is 2.66. The monoisotopic (exact) mass is 165 g/mol. The highest BCUT2D eigenvalue weighted by molar-refractivity contribution is 5.07. The van der Waals surface area contributed by atoms with Crippen LogP contribution in [0.5, 0.6) is 0 Å². The smallest absolute Gasteiger partial charge is 0.306 e. The van der Waals surface area contributed by atoms with Crippen LogP contribution in [0.3, 0.4) is 0 Å². The highest BCUT2D eigenvalue weighted by atomic mass is 19.4. The zero-order valence-corrected chi connectivity index (χ0v) is 6.23. The molecule has 1 aliphatic carbocycles. The zero-order chi connectivity index (χ0) is 8.22. The minimum absolute atomic E-state index is 0.0833. The Labute approximate surface area is 63.2 Å². The molecule has 64 valence electrons. The summed E-state index contributed by atoms with van der Waals surface area (Å²) in [4.78, 5) is 1.97. The molecule has 0 aromatic heterocycles. The lowest BCUT2D eigenvalue weighted by Gasteiger charge is -2.14. The summed E-state index contributed by atoms with van der Waals surface area (Å²) in [6, 6.07) is 0. The van der Waals surface area contributed by atoms with E-state index in [1.165, 1.54) is 0 Å². The molecule has 2 fully saturated rings. The van der Waals surface area contributed by atoms with Crippen LogP contribution in [0.25, 0.3) is 0 Å². The normalized spacial score (nSPS) is 44.2. The van der Waals surface area contributed by atoms with Crippen LogP contribution in [0.15, 0.2) is 0 Å². The van der Waals surface area contributed by atoms with Gasteiger partial charge in [0.2, 0.25) is 0 Å². The third-order valence-corrected chi connectivity index (χ3v) is 2.75. The maximum Gasteiger partial charge on any atom is 0.392 e. The third-order valence-electron chi connectivity index (χ3n) is 2.75. The predicted molar refractivity (Wildman–Crippen MR) is 34.0 cm³/mol. The Morgan fingerprint density at radius 2 is 1.64 bits per heavy atom. The summed E-state index contributed by atoms with van der Waals surface area (Å²) in [6.07, 6.45) is -3.93. The molecule has 1 nitrogen and oxygen atoms in total. The van der Waals surface area contributed by atoms with Gasteiger partial charge in [0.15, 0.2) is 0 Å². The second-order valence-electron chi connectivity index (χ2n) is 3.62. The van der Waals surface area contributed by atoms with Crippen LogP contribution < -0.4 is 0 Å². The second kappa shape index (κ2) is 1.91. The van der Waals surface area contributed by atoms with Crippen molar-refractivity contribution in [2.24, 2.45) is 17.8 Å². The van der Waals surface area contributed by atoms with Gasteiger partial charge in [-0.25, -0.2) is 0 Å². The Kier molecular flexibility index (Phi) is 1.29. The lowest BCUT2D eigenvalue weighted by Crippen LogP contribution is -2.25. The average molecular weight is 165 g/mol. The van der Waals surface area contributed by atoms with Gasteiger partial charge in [0.05, 0.1) is 5.92 Å². The van der Waals surface area contributed by atoms with Crippen molar-refractivity contribution in [2.45, 2.75) is 6.18 Å². The summed E-state index contributed by atoms with van der Waals surface area (Å²) in [5, 5.41) is 0. The van der Waals surface area contributed by atoms with Crippen LogP contribution in [0.1, 0.15) is 0 Å². The summed E-state index contributed by atoms with van der Waals surface area (Å²) in [5.41, 5.74) is 0. The molecule has 1 unspecified atom stereocenters. The molecule has 0 bridgehead atoms. The van der Waals surface area contributed by atoms with Gasteiger partial charge >= 0.3 is 6.18 Å². The zero-order valence-electron chi connectivity index (χ0n) is 6.23. The number of hydrogen-bond acceptors (Lipinski definition) is 1. The maximum atomic E-state index is 12.1. The standard InChI is InChI=1S/C7H10F3N/c1-11-2-4-5(3-11)6(4)7(8,9)10/h4-6H,2-3H2,1H3/t4-,5+,6?. The number of nitrogens with zero attached hydrogens (tertiary/aromatic N) is 1. The van der Waals surface area contributed by atoms with E-state index < -0.39 is 12.1 Å². The van der Waals surface area contributed by atoms with Gasteiger partial charge in [-0.15, -0.1) is 0 Å². The number of fused-ring (bicyclic) bond motifs is 1. The van der Waals surface area contributed by atoms with Crippen molar-refractivity contribution in [3.05, 3.63) is 0 Å². The van der Waals surface area contributed by atoms with E-state index in [1.54, 1.807) is 0 Å².